The molecule has 0 atom stereocenters. The van der Waals surface area contributed by atoms with Crippen LogP contribution < -0.4 is 5.32 Å². The van der Waals surface area contributed by atoms with E-state index < -0.39 is 29.0 Å². The summed E-state index contributed by atoms with van der Waals surface area (Å²) < 4.78 is 39.0. The van der Waals surface area contributed by atoms with Crippen molar-refractivity contribution in [2.45, 2.75) is 70.3 Å². The molecule has 5 nitrogen and oxygen atoms in total. The number of benzene rings is 1. The third kappa shape index (κ3) is 9.37. The summed E-state index contributed by atoms with van der Waals surface area (Å²) in [6.45, 7) is 2.16. The number of halogens is 3. The fourth-order valence-electron chi connectivity index (χ4n) is 2.75. The molecule has 1 amide bonds. The summed E-state index contributed by atoms with van der Waals surface area (Å²) in [6.07, 6.45) is 1.61. The summed E-state index contributed by atoms with van der Waals surface area (Å²) in [5.41, 5.74) is -2.04. The first-order valence-corrected chi connectivity index (χ1v) is 11.2. The summed E-state index contributed by atoms with van der Waals surface area (Å²) in [4.78, 5) is 12.1. The van der Waals surface area contributed by atoms with Gasteiger partial charge in [0.05, 0.1) is 17.2 Å². The number of carbonyl (C=O) groups is 1. The van der Waals surface area contributed by atoms with Crippen molar-refractivity contribution < 1.29 is 28.2 Å². The van der Waals surface area contributed by atoms with E-state index in [0.717, 1.165) is 43.6 Å². The van der Waals surface area contributed by atoms with Crippen molar-refractivity contribution in [1.82, 2.24) is 0 Å². The molecule has 0 saturated heterocycles. The zero-order valence-electron chi connectivity index (χ0n) is 17.1. The maximum Gasteiger partial charge on any atom is 0.417 e. The van der Waals surface area contributed by atoms with Gasteiger partial charge in [0.1, 0.15) is 0 Å². The minimum atomic E-state index is -4.77. The Kier molecular flexibility index (Phi) is 11.2. The second-order valence-electron chi connectivity index (χ2n) is 7.12. The molecule has 3 N–H and O–H groups in total. The molecule has 0 heterocycles. The van der Waals surface area contributed by atoms with Crippen LogP contribution in [0.5, 0.6) is 0 Å². The van der Waals surface area contributed by atoms with Gasteiger partial charge in [0.15, 0.2) is 0 Å². The SMILES string of the molecule is CCCCSCCCCCCCC(O)(O)C(=O)Nc1ccc(C#N)c(C(F)(F)F)c1. The van der Waals surface area contributed by atoms with Crippen LogP contribution >= 0.6 is 11.8 Å². The Hall–Kier alpha value is -1.76. The number of amides is 1. The first kappa shape index (κ1) is 26.3. The molecule has 0 aliphatic heterocycles. The zero-order valence-corrected chi connectivity index (χ0v) is 17.9. The molecule has 0 saturated carbocycles. The standard InChI is InChI=1S/C21H29F3N2O3S/c1-2-3-12-30-13-8-6-4-5-7-11-20(28,29)19(27)26-17-10-9-16(15-25)18(14-17)21(22,23)24/h9-10,14,28-29H,2-8,11-13H2,1H3,(H,26,27). The molecule has 1 aromatic rings. The molecule has 0 aliphatic carbocycles. The fourth-order valence-corrected chi connectivity index (χ4v) is 3.86. The molecular formula is C21H29F3N2O3S. The Morgan fingerprint density at radius 1 is 1.10 bits per heavy atom. The largest absolute Gasteiger partial charge is 0.417 e. The molecule has 1 aromatic carbocycles. The number of rotatable bonds is 13. The molecule has 30 heavy (non-hydrogen) atoms. The van der Waals surface area contributed by atoms with E-state index >= 15 is 0 Å². The number of thioether (sulfide) groups is 1. The van der Waals surface area contributed by atoms with Crippen molar-refractivity contribution in [2.75, 3.05) is 16.8 Å². The quantitative estimate of drug-likeness (QED) is 0.291. The molecule has 0 spiro atoms. The highest BCUT2D eigenvalue weighted by Crippen LogP contribution is 2.33. The Morgan fingerprint density at radius 3 is 2.37 bits per heavy atom. The van der Waals surface area contributed by atoms with Crippen molar-refractivity contribution in [3.63, 3.8) is 0 Å². The molecule has 0 radical (unpaired) electrons. The second kappa shape index (κ2) is 12.8. The van der Waals surface area contributed by atoms with Crippen LogP contribution in [0.1, 0.15) is 69.4 Å². The third-order valence-electron chi connectivity index (χ3n) is 4.52. The van der Waals surface area contributed by atoms with Crippen LogP contribution in [0, 0.1) is 11.3 Å². The first-order chi connectivity index (χ1) is 14.1. The molecular weight excluding hydrogens is 417 g/mol. The lowest BCUT2D eigenvalue weighted by atomic mass is 10.0. The molecule has 0 bridgehead atoms. The lowest BCUT2D eigenvalue weighted by Gasteiger charge is -2.21. The predicted octanol–water partition coefficient (Wildman–Crippen LogP) is 5.07. The number of nitrogens with zero attached hydrogens (tertiary/aromatic N) is 1. The summed E-state index contributed by atoms with van der Waals surface area (Å²) in [6, 6.07) is 4.08. The Morgan fingerprint density at radius 2 is 1.73 bits per heavy atom. The molecule has 9 heteroatoms. The van der Waals surface area contributed by atoms with E-state index in [-0.39, 0.29) is 12.1 Å². The Bertz CT molecular complexity index is 718. The van der Waals surface area contributed by atoms with Crippen molar-refractivity contribution in [2.24, 2.45) is 0 Å². The van der Waals surface area contributed by atoms with Gasteiger partial charge in [-0.2, -0.15) is 30.2 Å². The minimum Gasteiger partial charge on any atom is -0.358 e. The van der Waals surface area contributed by atoms with E-state index in [0.29, 0.717) is 12.5 Å². The number of hydrogen-bond acceptors (Lipinski definition) is 5. The van der Waals surface area contributed by atoms with Gasteiger partial charge in [-0.05, 0) is 49.0 Å². The van der Waals surface area contributed by atoms with Gasteiger partial charge in [-0.1, -0.05) is 32.6 Å². The number of nitriles is 1. The van der Waals surface area contributed by atoms with E-state index in [1.54, 1.807) is 0 Å². The van der Waals surface area contributed by atoms with E-state index in [1.807, 2.05) is 11.8 Å². The van der Waals surface area contributed by atoms with Gasteiger partial charge < -0.3 is 15.5 Å². The molecule has 0 aromatic heterocycles. The number of anilines is 1. The third-order valence-corrected chi connectivity index (χ3v) is 5.68. The fraction of sp³-hybridized carbons (Fsp3) is 0.619. The summed E-state index contributed by atoms with van der Waals surface area (Å²) in [5, 5.41) is 30.8. The van der Waals surface area contributed by atoms with Crippen LogP contribution in [0.25, 0.3) is 0 Å². The Labute approximate surface area is 179 Å². The average molecular weight is 447 g/mol. The average Bonchev–Trinajstić information content (AvgIpc) is 2.68. The first-order valence-electron chi connectivity index (χ1n) is 10.1. The number of alkyl halides is 3. The van der Waals surface area contributed by atoms with Gasteiger partial charge in [0, 0.05) is 12.1 Å². The lowest BCUT2D eigenvalue weighted by molar-refractivity contribution is -0.182. The van der Waals surface area contributed by atoms with Crippen molar-refractivity contribution in [3.05, 3.63) is 29.3 Å². The number of carbonyl (C=O) groups excluding carboxylic acids is 1. The molecule has 0 unspecified atom stereocenters. The smallest absolute Gasteiger partial charge is 0.358 e. The lowest BCUT2D eigenvalue weighted by Crippen LogP contribution is -2.42. The highest BCUT2D eigenvalue weighted by Gasteiger charge is 2.35. The number of hydrogen-bond donors (Lipinski definition) is 3. The topological polar surface area (TPSA) is 93.3 Å². The molecule has 0 aliphatic rings. The highest BCUT2D eigenvalue weighted by atomic mass is 32.2. The van der Waals surface area contributed by atoms with Crippen LogP contribution in [0.4, 0.5) is 18.9 Å². The normalized spacial score (nSPS) is 11.9. The monoisotopic (exact) mass is 446 g/mol. The summed E-state index contributed by atoms with van der Waals surface area (Å²) in [7, 11) is 0. The van der Waals surface area contributed by atoms with Gasteiger partial charge in [-0.25, -0.2) is 0 Å². The van der Waals surface area contributed by atoms with Gasteiger partial charge in [0.25, 0.3) is 5.91 Å². The van der Waals surface area contributed by atoms with Crippen molar-refractivity contribution >= 4 is 23.4 Å². The van der Waals surface area contributed by atoms with Crippen LogP contribution in [0.2, 0.25) is 0 Å². The Balaban J connectivity index is 2.43. The van der Waals surface area contributed by atoms with Crippen LogP contribution in [-0.2, 0) is 11.0 Å². The molecule has 1 rings (SSSR count). The van der Waals surface area contributed by atoms with E-state index in [4.69, 9.17) is 5.26 Å². The van der Waals surface area contributed by atoms with Crippen LogP contribution in [0.15, 0.2) is 18.2 Å². The second-order valence-corrected chi connectivity index (χ2v) is 8.35. The summed E-state index contributed by atoms with van der Waals surface area (Å²) >= 11 is 1.93. The highest BCUT2D eigenvalue weighted by molar-refractivity contribution is 7.99. The predicted molar refractivity (Wildman–Crippen MR) is 112 cm³/mol. The van der Waals surface area contributed by atoms with Crippen molar-refractivity contribution in [1.29, 1.82) is 5.26 Å². The van der Waals surface area contributed by atoms with Crippen molar-refractivity contribution in [3.8, 4) is 6.07 Å². The van der Waals surface area contributed by atoms with Gasteiger partial charge in [-0.3, -0.25) is 4.79 Å². The molecule has 0 fully saturated rings. The van der Waals surface area contributed by atoms with E-state index in [9.17, 15) is 28.2 Å². The maximum absolute atomic E-state index is 13.0. The molecule has 168 valence electrons. The number of nitrogens with one attached hydrogen (secondary N) is 1. The van der Waals surface area contributed by atoms with Gasteiger partial charge >= 0.3 is 6.18 Å². The number of aliphatic hydroxyl groups is 2. The van der Waals surface area contributed by atoms with E-state index in [2.05, 4.69) is 12.2 Å². The van der Waals surface area contributed by atoms with Gasteiger partial charge in [-0.15, -0.1) is 0 Å². The minimum absolute atomic E-state index is 0.216. The maximum atomic E-state index is 13.0. The van der Waals surface area contributed by atoms with Crippen LogP contribution in [-0.4, -0.2) is 33.4 Å². The van der Waals surface area contributed by atoms with E-state index in [1.165, 1.54) is 24.7 Å². The van der Waals surface area contributed by atoms with Gasteiger partial charge in [0.2, 0.25) is 5.79 Å². The zero-order chi connectivity index (χ0) is 22.6. The summed E-state index contributed by atoms with van der Waals surface area (Å²) in [5.74, 6) is -1.60. The van der Waals surface area contributed by atoms with Crippen LogP contribution in [0.3, 0.4) is 0 Å². The number of unbranched alkanes of at least 4 members (excludes halogenated alkanes) is 5.